The molecule has 6 nitrogen and oxygen atoms in total. The lowest BCUT2D eigenvalue weighted by Crippen LogP contribution is -2.50. The highest BCUT2D eigenvalue weighted by molar-refractivity contribution is 14.0. The Morgan fingerprint density at radius 2 is 2.14 bits per heavy atom. The fraction of sp³-hybridized carbons (Fsp3) is 0.368. The largest absolute Gasteiger partial charge is 0.367 e. The van der Waals surface area contributed by atoms with Gasteiger partial charge in [-0.1, -0.05) is 12.1 Å². The number of rotatable bonds is 3. The van der Waals surface area contributed by atoms with Crippen molar-refractivity contribution in [1.82, 2.24) is 19.6 Å². The average molecular weight is 515 g/mol. The standard InChI is InChI=1S/C19H22FN5OS.HI/c1-13-10-25(12-17(26-13)14-3-5-15(20)6-4-14)18(21-2)22-9-16-11-24-7-8-27-19(24)23-16;/h3-8,11,13,17H,9-10,12H2,1-2H3,(H,21,22);1H. The second-order valence-electron chi connectivity index (χ2n) is 6.62. The van der Waals surface area contributed by atoms with Crippen molar-refractivity contribution in [2.24, 2.45) is 4.99 Å². The molecular formula is C19H23FIN5OS. The van der Waals surface area contributed by atoms with Crippen LogP contribution in [0.5, 0.6) is 0 Å². The molecular weight excluding hydrogens is 492 g/mol. The fourth-order valence-electron chi connectivity index (χ4n) is 3.35. The molecule has 1 aliphatic heterocycles. The SMILES string of the molecule is CN=C(NCc1cn2ccsc2n1)N1CC(C)OC(c2ccc(F)cc2)C1.I. The number of hydrogen-bond acceptors (Lipinski definition) is 4. The van der Waals surface area contributed by atoms with Crippen molar-refractivity contribution in [1.29, 1.82) is 0 Å². The van der Waals surface area contributed by atoms with Gasteiger partial charge in [0, 0.05) is 31.4 Å². The maximum Gasteiger partial charge on any atom is 0.194 e. The Balaban J connectivity index is 0.00000225. The van der Waals surface area contributed by atoms with Crippen LogP contribution in [0.15, 0.2) is 47.0 Å². The van der Waals surface area contributed by atoms with Crippen molar-refractivity contribution < 1.29 is 9.13 Å². The zero-order chi connectivity index (χ0) is 18.8. The minimum Gasteiger partial charge on any atom is -0.367 e. The lowest BCUT2D eigenvalue weighted by Gasteiger charge is -2.38. The molecule has 1 fully saturated rings. The highest BCUT2D eigenvalue weighted by Gasteiger charge is 2.28. The van der Waals surface area contributed by atoms with Crippen LogP contribution in [0.2, 0.25) is 0 Å². The van der Waals surface area contributed by atoms with Crippen LogP contribution in [-0.4, -0.2) is 46.5 Å². The Kier molecular flexibility index (Phi) is 6.89. The molecule has 0 saturated carbocycles. The van der Waals surface area contributed by atoms with Gasteiger partial charge in [-0.05, 0) is 24.6 Å². The summed E-state index contributed by atoms with van der Waals surface area (Å²) in [4.78, 5) is 12.2. The summed E-state index contributed by atoms with van der Waals surface area (Å²) in [6.07, 6.45) is 3.95. The monoisotopic (exact) mass is 515 g/mol. The lowest BCUT2D eigenvalue weighted by atomic mass is 10.1. The molecule has 4 rings (SSSR count). The van der Waals surface area contributed by atoms with Crippen LogP contribution in [0, 0.1) is 5.82 Å². The molecule has 0 aliphatic carbocycles. The molecule has 1 aliphatic rings. The molecule has 2 unspecified atom stereocenters. The van der Waals surface area contributed by atoms with Crippen molar-refractivity contribution >= 4 is 46.2 Å². The van der Waals surface area contributed by atoms with Crippen LogP contribution in [-0.2, 0) is 11.3 Å². The molecule has 2 aromatic heterocycles. The lowest BCUT2D eigenvalue weighted by molar-refractivity contribution is -0.0605. The quantitative estimate of drug-likeness (QED) is 0.329. The van der Waals surface area contributed by atoms with Gasteiger partial charge < -0.3 is 15.0 Å². The van der Waals surface area contributed by atoms with E-state index in [2.05, 4.69) is 20.2 Å². The summed E-state index contributed by atoms with van der Waals surface area (Å²) < 4.78 is 21.3. The number of morpholine rings is 1. The van der Waals surface area contributed by atoms with Gasteiger partial charge in [0.1, 0.15) is 11.9 Å². The zero-order valence-electron chi connectivity index (χ0n) is 15.7. The highest BCUT2D eigenvalue weighted by Crippen LogP contribution is 2.25. The number of halogens is 2. The Morgan fingerprint density at radius 1 is 1.36 bits per heavy atom. The Hall–Kier alpha value is -1.72. The van der Waals surface area contributed by atoms with Gasteiger partial charge in [0.2, 0.25) is 0 Å². The van der Waals surface area contributed by atoms with Crippen molar-refractivity contribution in [3.8, 4) is 0 Å². The van der Waals surface area contributed by atoms with Gasteiger partial charge in [-0.2, -0.15) is 0 Å². The molecule has 28 heavy (non-hydrogen) atoms. The summed E-state index contributed by atoms with van der Waals surface area (Å²) in [7, 11) is 1.78. The Bertz CT molecular complexity index is 913. The van der Waals surface area contributed by atoms with Gasteiger partial charge in [0.15, 0.2) is 10.9 Å². The first kappa shape index (κ1) is 21.0. The minimum atomic E-state index is -0.239. The van der Waals surface area contributed by atoms with E-state index in [0.29, 0.717) is 13.1 Å². The van der Waals surface area contributed by atoms with E-state index in [-0.39, 0.29) is 42.0 Å². The van der Waals surface area contributed by atoms with E-state index in [1.54, 1.807) is 30.5 Å². The number of guanidine groups is 1. The summed E-state index contributed by atoms with van der Waals surface area (Å²) in [6, 6.07) is 6.51. The summed E-state index contributed by atoms with van der Waals surface area (Å²) in [5, 5.41) is 5.41. The molecule has 1 saturated heterocycles. The van der Waals surface area contributed by atoms with E-state index in [1.807, 2.05) is 29.1 Å². The first-order valence-corrected chi connectivity index (χ1v) is 9.78. The minimum absolute atomic E-state index is 0. The van der Waals surface area contributed by atoms with Gasteiger partial charge in [0.25, 0.3) is 0 Å². The third-order valence-corrected chi connectivity index (χ3v) is 5.35. The predicted molar refractivity (Wildman–Crippen MR) is 120 cm³/mol. The van der Waals surface area contributed by atoms with E-state index in [0.717, 1.165) is 28.7 Å². The topological polar surface area (TPSA) is 54.2 Å². The Morgan fingerprint density at radius 3 is 2.86 bits per heavy atom. The summed E-state index contributed by atoms with van der Waals surface area (Å²) in [5.41, 5.74) is 1.94. The summed E-state index contributed by atoms with van der Waals surface area (Å²) >= 11 is 1.62. The van der Waals surface area contributed by atoms with Crippen LogP contribution in [0.25, 0.3) is 4.96 Å². The van der Waals surface area contributed by atoms with Crippen molar-refractivity contribution in [3.63, 3.8) is 0 Å². The van der Waals surface area contributed by atoms with Crippen LogP contribution in [0.4, 0.5) is 4.39 Å². The van der Waals surface area contributed by atoms with E-state index in [4.69, 9.17) is 4.74 Å². The molecule has 0 spiro atoms. The van der Waals surface area contributed by atoms with Crippen LogP contribution >= 0.6 is 35.3 Å². The van der Waals surface area contributed by atoms with Gasteiger partial charge in [0.05, 0.1) is 24.9 Å². The smallest absolute Gasteiger partial charge is 0.194 e. The maximum absolute atomic E-state index is 13.2. The predicted octanol–water partition coefficient (Wildman–Crippen LogP) is 3.69. The number of aliphatic imine (C=N–C) groups is 1. The number of imidazole rings is 1. The number of hydrogen-bond donors (Lipinski definition) is 1. The maximum atomic E-state index is 13.2. The number of fused-ring (bicyclic) bond motifs is 1. The van der Waals surface area contributed by atoms with Crippen LogP contribution in [0.1, 0.15) is 24.3 Å². The van der Waals surface area contributed by atoms with Gasteiger partial charge in [-0.15, -0.1) is 35.3 Å². The average Bonchev–Trinajstić information content (AvgIpc) is 3.24. The third-order valence-electron chi connectivity index (χ3n) is 4.58. The number of aromatic nitrogens is 2. The molecule has 1 N–H and O–H groups in total. The number of ether oxygens (including phenoxy) is 1. The number of nitrogens with zero attached hydrogens (tertiary/aromatic N) is 4. The van der Waals surface area contributed by atoms with Crippen LogP contribution < -0.4 is 5.32 Å². The normalized spacial score (nSPS) is 20.2. The van der Waals surface area contributed by atoms with E-state index in [9.17, 15) is 4.39 Å². The number of benzene rings is 1. The third kappa shape index (κ3) is 4.64. The highest BCUT2D eigenvalue weighted by atomic mass is 127. The summed E-state index contributed by atoms with van der Waals surface area (Å²) in [6.45, 7) is 4.05. The van der Waals surface area contributed by atoms with Crippen molar-refractivity contribution in [3.05, 3.63) is 59.1 Å². The first-order valence-electron chi connectivity index (χ1n) is 8.90. The molecule has 1 aromatic carbocycles. The molecule has 150 valence electrons. The Labute approximate surface area is 184 Å². The fourth-order valence-corrected chi connectivity index (χ4v) is 4.07. The first-order chi connectivity index (χ1) is 13.1. The number of thiazole rings is 1. The second kappa shape index (κ2) is 9.19. The zero-order valence-corrected chi connectivity index (χ0v) is 18.9. The van der Waals surface area contributed by atoms with Gasteiger partial charge in [-0.3, -0.25) is 9.39 Å². The molecule has 3 aromatic rings. The second-order valence-corrected chi connectivity index (χ2v) is 7.49. The van der Waals surface area contributed by atoms with Crippen molar-refractivity contribution in [2.75, 3.05) is 20.1 Å². The molecule has 3 heterocycles. The van der Waals surface area contributed by atoms with Gasteiger partial charge in [-0.25, -0.2) is 9.37 Å². The molecule has 9 heteroatoms. The molecule has 2 atom stereocenters. The number of nitrogens with one attached hydrogen (secondary N) is 1. The molecule has 0 radical (unpaired) electrons. The molecule has 0 amide bonds. The van der Waals surface area contributed by atoms with Crippen LogP contribution in [0.3, 0.4) is 0 Å². The van der Waals surface area contributed by atoms with E-state index >= 15 is 0 Å². The summed E-state index contributed by atoms with van der Waals surface area (Å²) in [5.74, 6) is 0.575. The van der Waals surface area contributed by atoms with Gasteiger partial charge >= 0.3 is 0 Å². The molecule has 0 bridgehead atoms. The van der Waals surface area contributed by atoms with E-state index in [1.165, 1.54) is 12.1 Å². The van der Waals surface area contributed by atoms with E-state index < -0.39 is 0 Å². The van der Waals surface area contributed by atoms with Crippen molar-refractivity contribution in [2.45, 2.75) is 25.7 Å².